The molecule has 0 bridgehead atoms. The molecular formula is C21H21BrN4O. The van der Waals surface area contributed by atoms with E-state index in [0.29, 0.717) is 11.6 Å². The van der Waals surface area contributed by atoms with Gasteiger partial charge in [0.2, 0.25) is 0 Å². The van der Waals surface area contributed by atoms with Crippen LogP contribution in [-0.4, -0.2) is 26.9 Å². The normalized spacial score (nSPS) is 14.7. The highest BCUT2D eigenvalue weighted by molar-refractivity contribution is 9.10. The zero-order valence-corrected chi connectivity index (χ0v) is 16.7. The van der Waals surface area contributed by atoms with Gasteiger partial charge in [0.1, 0.15) is 0 Å². The van der Waals surface area contributed by atoms with E-state index in [9.17, 15) is 4.79 Å². The van der Waals surface area contributed by atoms with Crippen LogP contribution in [0.1, 0.15) is 47.4 Å². The van der Waals surface area contributed by atoms with Crippen LogP contribution in [0, 0.1) is 0 Å². The number of rotatable bonds is 6. The number of benzene rings is 2. The summed E-state index contributed by atoms with van der Waals surface area (Å²) < 4.78 is 2.86. The van der Waals surface area contributed by atoms with Gasteiger partial charge in [-0.1, -0.05) is 51.5 Å². The molecule has 1 amide bonds. The fourth-order valence-corrected chi connectivity index (χ4v) is 3.52. The summed E-state index contributed by atoms with van der Waals surface area (Å²) in [6.07, 6.45) is 2.93. The van der Waals surface area contributed by atoms with E-state index in [1.54, 1.807) is 0 Å². The second-order valence-electron chi connectivity index (χ2n) is 7.05. The van der Waals surface area contributed by atoms with Crippen LogP contribution in [0.25, 0.3) is 5.69 Å². The van der Waals surface area contributed by atoms with Crippen molar-refractivity contribution in [1.82, 2.24) is 20.3 Å². The number of carbonyl (C=O) groups excluding carboxylic acids is 1. The van der Waals surface area contributed by atoms with Crippen LogP contribution < -0.4 is 5.32 Å². The van der Waals surface area contributed by atoms with Gasteiger partial charge >= 0.3 is 0 Å². The van der Waals surface area contributed by atoms with Gasteiger partial charge in [-0.05, 0) is 56.0 Å². The summed E-state index contributed by atoms with van der Waals surface area (Å²) in [7, 11) is 0. The molecule has 1 aliphatic rings. The first kappa shape index (κ1) is 17.9. The summed E-state index contributed by atoms with van der Waals surface area (Å²) in [4.78, 5) is 12.9. The smallest absolute Gasteiger partial charge is 0.274 e. The number of para-hydroxylation sites is 1. The van der Waals surface area contributed by atoms with E-state index in [1.165, 1.54) is 5.56 Å². The summed E-state index contributed by atoms with van der Waals surface area (Å²) in [5.74, 6) is 0.214. The molecule has 27 heavy (non-hydrogen) atoms. The van der Waals surface area contributed by atoms with E-state index in [2.05, 4.69) is 43.7 Å². The summed E-state index contributed by atoms with van der Waals surface area (Å²) >= 11 is 3.44. The summed E-state index contributed by atoms with van der Waals surface area (Å²) in [6.45, 7) is 2.01. The molecule has 1 aromatic heterocycles. The lowest BCUT2D eigenvalue weighted by molar-refractivity contribution is 0.0934. The molecule has 5 nitrogen and oxygen atoms in total. The molecule has 0 radical (unpaired) electrons. The maximum absolute atomic E-state index is 12.9. The zero-order chi connectivity index (χ0) is 18.8. The number of halogens is 1. The average Bonchev–Trinajstić information content (AvgIpc) is 3.42. The van der Waals surface area contributed by atoms with Crippen LogP contribution >= 0.6 is 15.9 Å². The molecule has 1 unspecified atom stereocenters. The van der Waals surface area contributed by atoms with Crippen molar-refractivity contribution < 1.29 is 4.79 Å². The summed E-state index contributed by atoms with van der Waals surface area (Å²) in [6, 6.07) is 18.0. The molecule has 0 spiro atoms. The fourth-order valence-electron chi connectivity index (χ4n) is 3.25. The average molecular weight is 425 g/mol. The van der Waals surface area contributed by atoms with Gasteiger partial charge in [-0.2, -0.15) is 0 Å². The number of carbonyl (C=O) groups is 1. The highest BCUT2D eigenvalue weighted by Crippen LogP contribution is 2.41. The predicted octanol–water partition coefficient (Wildman–Crippen LogP) is 4.27. The molecule has 2 aromatic carbocycles. The molecule has 1 saturated carbocycles. The predicted molar refractivity (Wildman–Crippen MR) is 108 cm³/mol. The van der Waals surface area contributed by atoms with Gasteiger partial charge in [0.05, 0.1) is 11.4 Å². The Labute approximate surface area is 166 Å². The van der Waals surface area contributed by atoms with Crippen LogP contribution in [0.2, 0.25) is 0 Å². The second-order valence-corrected chi connectivity index (χ2v) is 7.97. The summed E-state index contributed by atoms with van der Waals surface area (Å²) in [5, 5.41) is 11.6. The van der Waals surface area contributed by atoms with Gasteiger partial charge in [0.15, 0.2) is 5.69 Å². The summed E-state index contributed by atoms with van der Waals surface area (Å²) in [5.41, 5.74) is 3.49. The maximum Gasteiger partial charge on any atom is 0.274 e. The number of nitrogens with one attached hydrogen (secondary N) is 1. The molecule has 1 N–H and O–H groups in total. The first-order valence-corrected chi connectivity index (χ1v) is 9.97. The van der Waals surface area contributed by atoms with Gasteiger partial charge < -0.3 is 5.32 Å². The largest absolute Gasteiger partial charge is 0.348 e. The first-order chi connectivity index (χ1) is 13.1. The minimum Gasteiger partial charge on any atom is -0.348 e. The lowest BCUT2D eigenvalue weighted by atomic mass is 10.1. The molecule has 0 aliphatic heterocycles. The SMILES string of the molecule is CC(Cc1ccc(Br)cc1)NC(=O)c1nnn(-c2ccccc2)c1C1CC1. The third-order valence-electron chi connectivity index (χ3n) is 4.72. The Kier molecular flexibility index (Phi) is 5.07. The van der Waals surface area contributed by atoms with E-state index in [4.69, 9.17) is 0 Å². The van der Waals surface area contributed by atoms with Crippen molar-refractivity contribution in [2.24, 2.45) is 0 Å². The third kappa shape index (κ3) is 4.11. The highest BCUT2D eigenvalue weighted by atomic mass is 79.9. The number of hydrogen-bond acceptors (Lipinski definition) is 3. The van der Waals surface area contributed by atoms with Crippen molar-refractivity contribution in [2.75, 3.05) is 0 Å². The molecule has 3 aromatic rings. The van der Waals surface area contributed by atoms with E-state index in [-0.39, 0.29) is 11.9 Å². The fraction of sp³-hybridized carbons (Fsp3) is 0.286. The van der Waals surface area contributed by atoms with Crippen molar-refractivity contribution in [3.8, 4) is 5.69 Å². The molecule has 1 fully saturated rings. The topological polar surface area (TPSA) is 59.8 Å². The second kappa shape index (κ2) is 7.64. The van der Waals surface area contributed by atoms with E-state index < -0.39 is 0 Å². The van der Waals surface area contributed by atoms with Crippen molar-refractivity contribution >= 4 is 21.8 Å². The van der Waals surface area contributed by atoms with Gasteiger partial charge in [-0.25, -0.2) is 4.68 Å². The molecule has 1 heterocycles. The van der Waals surface area contributed by atoms with Crippen LogP contribution in [0.3, 0.4) is 0 Å². The number of hydrogen-bond donors (Lipinski definition) is 1. The van der Waals surface area contributed by atoms with Gasteiger partial charge in [-0.15, -0.1) is 5.10 Å². The van der Waals surface area contributed by atoms with Gasteiger partial charge in [0, 0.05) is 16.4 Å². The minimum absolute atomic E-state index is 0.00704. The highest BCUT2D eigenvalue weighted by Gasteiger charge is 2.34. The number of amides is 1. The molecule has 6 heteroatoms. The Morgan fingerprint density at radius 3 is 2.56 bits per heavy atom. The van der Waals surface area contributed by atoms with Crippen molar-refractivity contribution in [2.45, 2.75) is 38.1 Å². The van der Waals surface area contributed by atoms with Crippen LogP contribution in [-0.2, 0) is 6.42 Å². The Hall–Kier alpha value is -2.47. The Morgan fingerprint density at radius 1 is 1.19 bits per heavy atom. The lowest BCUT2D eigenvalue weighted by Crippen LogP contribution is -2.35. The van der Waals surface area contributed by atoms with E-state index in [1.807, 2.05) is 54.1 Å². The maximum atomic E-state index is 12.9. The Balaban J connectivity index is 1.52. The Morgan fingerprint density at radius 2 is 1.89 bits per heavy atom. The first-order valence-electron chi connectivity index (χ1n) is 9.18. The van der Waals surface area contributed by atoms with Gasteiger partial charge in [-0.3, -0.25) is 4.79 Å². The van der Waals surface area contributed by atoms with Crippen molar-refractivity contribution in [3.63, 3.8) is 0 Å². The van der Waals surface area contributed by atoms with Crippen molar-refractivity contribution in [1.29, 1.82) is 0 Å². The quantitative estimate of drug-likeness (QED) is 0.642. The van der Waals surface area contributed by atoms with E-state index in [0.717, 1.165) is 35.1 Å². The molecule has 1 atom stereocenters. The van der Waals surface area contributed by atoms with E-state index >= 15 is 0 Å². The lowest BCUT2D eigenvalue weighted by Gasteiger charge is -2.14. The molecule has 4 rings (SSSR count). The number of nitrogens with zero attached hydrogens (tertiary/aromatic N) is 3. The third-order valence-corrected chi connectivity index (χ3v) is 5.25. The Bertz CT molecular complexity index is 933. The number of aromatic nitrogens is 3. The molecule has 0 saturated heterocycles. The molecular weight excluding hydrogens is 404 g/mol. The molecule has 1 aliphatic carbocycles. The molecule has 138 valence electrons. The standard InChI is InChI=1S/C21H21BrN4O/c1-14(13-15-7-11-17(22)12-8-15)23-21(27)19-20(16-9-10-16)26(25-24-19)18-5-3-2-4-6-18/h2-8,11-12,14,16H,9-10,13H2,1H3,(H,23,27). The zero-order valence-electron chi connectivity index (χ0n) is 15.1. The minimum atomic E-state index is -0.149. The van der Waals surface area contributed by atoms with Gasteiger partial charge in [0.25, 0.3) is 5.91 Å². The van der Waals surface area contributed by atoms with Crippen LogP contribution in [0.4, 0.5) is 0 Å². The monoisotopic (exact) mass is 424 g/mol. The van der Waals surface area contributed by atoms with Crippen molar-refractivity contribution in [3.05, 3.63) is 76.0 Å². The van der Waals surface area contributed by atoms with Crippen LogP contribution in [0.15, 0.2) is 59.1 Å². The van der Waals surface area contributed by atoms with Crippen LogP contribution in [0.5, 0.6) is 0 Å².